The molecule has 0 radical (unpaired) electrons. The lowest BCUT2D eigenvalue weighted by Gasteiger charge is -2.27. The molecule has 0 spiro atoms. The van der Waals surface area contributed by atoms with E-state index in [1.54, 1.807) is 0 Å². The van der Waals surface area contributed by atoms with Gasteiger partial charge < -0.3 is 5.11 Å². The highest BCUT2D eigenvalue weighted by Gasteiger charge is 2.76. The quantitative estimate of drug-likeness (QED) is 0.693. The Morgan fingerprint density at radius 3 is 1.85 bits per heavy atom. The predicted molar refractivity (Wildman–Crippen MR) is 38.9 cm³/mol. The zero-order chi connectivity index (χ0) is 10.5. The van der Waals surface area contributed by atoms with Crippen LogP contribution in [0.3, 0.4) is 0 Å². The van der Waals surface area contributed by atoms with E-state index in [-0.39, 0.29) is 6.42 Å². The van der Waals surface area contributed by atoms with Gasteiger partial charge in [0.1, 0.15) is 0 Å². The highest BCUT2D eigenvalue weighted by molar-refractivity contribution is 5.16. The van der Waals surface area contributed by atoms with Gasteiger partial charge in [0.25, 0.3) is 0 Å². The second-order valence-corrected chi connectivity index (χ2v) is 4.22. The molecule has 1 rings (SSSR count). The van der Waals surface area contributed by atoms with Gasteiger partial charge in [-0.15, -0.1) is 0 Å². The van der Waals surface area contributed by atoms with Crippen LogP contribution in [0.2, 0.25) is 0 Å². The van der Waals surface area contributed by atoms with Gasteiger partial charge in [-0.05, 0) is 11.8 Å². The molecule has 1 N–H and O–H groups in total. The van der Waals surface area contributed by atoms with Gasteiger partial charge in [-0.1, -0.05) is 13.8 Å². The van der Waals surface area contributed by atoms with Crippen LogP contribution in [0, 0.1) is 10.8 Å². The number of hydrogen-bond acceptors (Lipinski definition) is 1. The van der Waals surface area contributed by atoms with Crippen LogP contribution in [0.15, 0.2) is 0 Å². The molecule has 1 atom stereocenters. The monoisotopic (exact) mass is 200 g/mol. The van der Waals surface area contributed by atoms with Crippen molar-refractivity contribution in [3.05, 3.63) is 0 Å². The first-order valence-electron chi connectivity index (χ1n) is 3.98. The van der Waals surface area contributed by atoms with E-state index in [1.807, 2.05) is 0 Å². The summed E-state index contributed by atoms with van der Waals surface area (Å²) in [6, 6.07) is 0. The zero-order valence-corrected chi connectivity index (χ0v) is 7.45. The molecule has 0 amide bonds. The molecule has 1 saturated carbocycles. The van der Waals surface area contributed by atoms with Gasteiger partial charge in [-0.2, -0.15) is 8.78 Å². The van der Waals surface area contributed by atoms with Crippen molar-refractivity contribution in [3.8, 4) is 0 Å². The molecule has 1 unspecified atom stereocenters. The molecule has 0 aliphatic heterocycles. The van der Waals surface area contributed by atoms with E-state index < -0.39 is 29.8 Å². The smallest absolute Gasteiger partial charge is 0.315 e. The third-order valence-electron chi connectivity index (χ3n) is 3.10. The molecule has 1 aliphatic carbocycles. The summed E-state index contributed by atoms with van der Waals surface area (Å²) in [7, 11) is 0. The maximum Gasteiger partial charge on any atom is 0.315 e. The van der Waals surface area contributed by atoms with Crippen LogP contribution in [0.4, 0.5) is 17.6 Å². The van der Waals surface area contributed by atoms with Gasteiger partial charge >= 0.3 is 12.3 Å². The molecule has 13 heavy (non-hydrogen) atoms. The molecule has 0 aromatic heterocycles. The van der Waals surface area contributed by atoms with E-state index >= 15 is 0 Å². The second-order valence-electron chi connectivity index (χ2n) is 4.22. The third-order valence-corrected chi connectivity index (χ3v) is 3.10. The third kappa shape index (κ3) is 1.16. The summed E-state index contributed by atoms with van der Waals surface area (Å²) in [5.74, 6) is -4.09. The maximum atomic E-state index is 13.0. The topological polar surface area (TPSA) is 20.2 Å². The summed E-state index contributed by atoms with van der Waals surface area (Å²) in [4.78, 5) is 0. The van der Waals surface area contributed by atoms with Crippen LogP contribution in [0.5, 0.6) is 0 Å². The summed E-state index contributed by atoms with van der Waals surface area (Å²) < 4.78 is 50.0. The fourth-order valence-corrected chi connectivity index (χ4v) is 1.86. The van der Waals surface area contributed by atoms with Crippen LogP contribution in [-0.2, 0) is 0 Å². The van der Waals surface area contributed by atoms with Crippen molar-refractivity contribution in [2.75, 3.05) is 6.61 Å². The first kappa shape index (κ1) is 10.8. The predicted octanol–water partition coefficient (Wildman–Crippen LogP) is 2.30. The molecule has 0 aromatic carbocycles. The lowest BCUT2D eigenvalue weighted by molar-refractivity contribution is -0.194. The Morgan fingerprint density at radius 2 is 1.77 bits per heavy atom. The van der Waals surface area contributed by atoms with Crippen molar-refractivity contribution in [1.29, 1.82) is 0 Å². The number of halogens is 4. The van der Waals surface area contributed by atoms with E-state index in [1.165, 1.54) is 13.8 Å². The molecule has 0 heterocycles. The Kier molecular flexibility index (Phi) is 2.14. The zero-order valence-electron chi connectivity index (χ0n) is 7.45. The standard InChI is InChI=1S/C8H12F4O/c1-6(2)3-7(6,4-13)8(11,12)5(9)10/h5,13H,3-4H2,1-2H3. The highest BCUT2D eigenvalue weighted by Crippen LogP contribution is 2.71. The van der Waals surface area contributed by atoms with Crippen molar-refractivity contribution in [3.63, 3.8) is 0 Å². The van der Waals surface area contributed by atoms with Crippen LogP contribution in [0.25, 0.3) is 0 Å². The van der Waals surface area contributed by atoms with Crippen molar-refractivity contribution in [1.82, 2.24) is 0 Å². The second kappa shape index (κ2) is 2.59. The van der Waals surface area contributed by atoms with Gasteiger partial charge in [0, 0.05) is 0 Å². The summed E-state index contributed by atoms with van der Waals surface area (Å²) in [6.07, 6.45) is -3.77. The number of rotatable bonds is 3. The SMILES string of the molecule is CC1(C)CC1(CO)C(F)(F)C(F)F. The molecular weight excluding hydrogens is 188 g/mol. The largest absolute Gasteiger partial charge is 0.396 e. The van der Waals surface area contributed by atoms with Crippen molar-refractivity contribution >= 4 is 0 Å². The normalized spacial score (nSPS) is 32.3. The lowest BCUT2D eigenvalue weighted by Crippen LogP contribution is -2.42. The van der Waals surface area contributed by atoms with E-state index in [0.29, 0.717) is 0 Å². The molecule has 5 heteroatoms. The minimum atomic E-state index is -4.09. The van der Waals surface area contributed by atoms with E-state index in [2.05, 4.69) is 0 Å². The van der Waals surface area contributed by atoms with E-state index in [9.17, 15) is 17.6 Å². The number of hydrogen-bond donors (Lipinski definition) is 1. The maximum absolute atomic E-state index is 13.0. The first-order chi connectivity index (χ1) is 5.71. The van der Waals surface area contributed by atoms with Gasteiger partial charge in [-0.3, -0.25) is 0 Å². The van der Waals surface area contributed by atoms with Crippen LogP contribution in [0.1, 0.15) is 20.3 Å². The van der Waals surface area contributed by atoms with Gasteiger partial charge in [0.15, 0.2) is 0 Å². The van der Waals surface area contributed by atoms with Gasteiger partial charge in [-0.25, -0.2) is 8.78 Å². The molecule has 0 saturated heterocycles. The van der Waals surface area contributed by atoms with Crippen molar-refractivity contribution in [2.45, 2.75) is 32.6 Å². The molecule has 78 valence electrons. The molecule has 0 bridgehead atoms. The molecular formula is C8H12F4O. The first-order valence-corrected chi connectivity index (χ1v) is 3.98. The molecule has 0 aromatic rings. The highest BCUT2D eigenvalue weighted by atomic mass is 19.3. The fraction of sp³-hybridized carbons (Fsp3) is 1.00. The van der Waals surface area contributed by atoms with E-state index in [0.717, 1.165) is 0 Å². The average Bonchev–Trinajstić information content (AvgIpc) is 2.55. The molecule has 1 aliphatic rings. The molecule has 1 nitrogen and oxygen atoms in total. The summed E-state index contributed by atoms with van der Waals surface area (Å²) in [5, 5.41) is 8.76. The Morgan fingerprint density at radius 1 is 1.38 bits per heavy atom. The van der Waals surface area contributed by atoms with Crippen molar-refractivity contribution in [2.24, 2.45) is 10.8 Å². The average molecular weight is 200 g/mol. The van der Waals surface area contributed by atoms with E-state index in [4.69, 9.17) is 5.11 Å². The van der Waals surface area contributed by atoms with Crippen LogP contribution >= 0.6 is 0 Å². The Hall–Kier alpha value is -0.320. The number of alkyl halides is 4. The Balaban J connectivity index is 2.93. The summed E-state index contributed by atoms with van der Waals surface area (Å²) >= 11 is 0. The Bertz CT molecular complexity index is 214. The number of aliphatic hydroxyl groups excluding tert-OH is 1. The lowest BCUT2D eigenvalue weighted by atomic mass is 9.90. The minimum Gasteiger partial charge on any atom is -0.396 e. The van der Waals surface area contributed by atoms with Crippen LogP contribution in [-0.4, -0.2) is 24.1 Å². The van der Waals surface area contributed by atoms with Crippen molar-refractivity contribution < 1.29 is 22.7 Å². The molecule has 1 fully saturated rings. The summed E-state index contributed by atoms with van der Waals surface area (Å²) in [5.41, 5.74) is -2.82. The fourth-order valence-electron chi connectivity index (χ4n) is 1.86. The number of aliphatic hydroxyl groups is 1. The van der Waals surface area contributed by atoms with Crippen LogP contribution < -0.4 is 0 Å². The van der Waals surface area contributed by atoms with Gasteiger partial charge in [0.2, 0.25) is 0 Å². The minimum absolute atomic E-state index is 0.0617. The summed E-state index contributed by atoms with van der Waals surface area (Å²) in [6.45, 7) is 2.02. The van der Waals surface area contributed by atoms with Gasteiger partial charge in [0.05, 0.1) is 12.0 Å². The Labute approximate surface area is 73.7 Å².